The van der Waals surface area contributed by atoms with Gasteiger partial charge >= 0.3 is 0 Å². The number of halogens is 2. The van der Waals surface area contributed by atoms with Gasteiger partial charge in [-0.15, -0.1) is 0 Å². The van der Waals surface area contributed by atoms with Crippen LogP contribution in [0.15, 0.2) is 27.6 Å². The molecule has 0 radical (unpaired) electrons. The summed E-state index contributed by atoms with van der Waals surface area (Å²) in [7, 11) is 1.51. The van der Waals surface area contributed by atoms with E-state index < -0.39 is 9.05 Å². The second-order valence-electron chi connectivity index (χ2n) is 5.30. The van der Waals surface area contributed by atoms with Crippen LogP contribution in [-0.2, 0) is 13.8 Å². The molecule has 7 heteroatoms. The number of anilines is 1. The Morgan fingerprint density at radius 1 is 1.35 bits per heavy atom. The lowest BCUT2D eigenvalue weighted by atomic mass is 9.88. The fraction of sp³-hybridized carbons (Fsp3) is 0.462. The maximum absolute atomic E-state index is 12.3. The van der Waals surface area contributed by atoms with E-state index in [1.165, 1.54) is 18.2 Å². The van der Waals surface area contributed by atoms with Crippen molar-refractivity contribution in [2.45, 2.75) is 37.5 Å². The Morgan fingerprint density at radius 3 is 2.45 bits per heavy atom. The first-order chi connectivity index (χ1) is 9.22. The molecule has 2 rings (SSSR count). The zero-order valence-electron chi connectivity index (χ0n) is 10.9. The number of amides is 1. The number of hydrogen-bond donors (Lipinski definition) is 1. The maximum atomic E-state index is 12.3. The topological polar surface area (TPSA) is 63.2 Å². The lowest BCUT2D eigenvalue weighted by molar-refractivity contribution is -0.124. The Labute approximate surface area is 131 Å². The zero-order chi connectivity index (χ0) is 15.0. The van der Waals surface area contributed by atoms with E-state index in [0.29, 0.717) is 10.2 Å². The molecule has 0 heterocycles. The normalized spacial score (nSPS) is 17.9. The second-order valence-corrected chi connectivity index (χ2v) is 8.72. The third-order valence-electron chi connectivity index (χ3n) is 3.73. The molecular formula is C13H15BrClNO3S. The van der Waals surface area contributed by atoms with Crippen LogP contribution in [0, 0.1) is 5.41 Å². The molecule has 0 spiro atoms. The van der Waals surface area contributed by atoms with Crippen molar-refractivity contribution in [1.29, 1.82) is 0 Å². The Kier molecular flexibility index (Phi) is 4.47. The van der Waals surface area contributed by atoms with Crippen LogP contribution in [0.4, 0.5) is 5.69 Å². The monoisotopic (exact) mass is 379 g/mol. The van der Waals surface area contributed by atoms with Gasteiger partial charge in [0.1, 0.15) is 0 Å². The first kappa shape index (κ1) is 15.8. The van der Waals surface area contributed by atoms with Gasteiger partial charge in [0.15, 0.2) is 0 Å². The average molecular weight is 381 g/mol. The van der Waals surface area contributed by atoms with Gasteiger partial charge in [0.05, 0.1) is 10.6 Å². The molecule has 1 amide bonds. The number of carbonyl (C=O) groups excluding carboxylic acids is 1. The van der Waals surface area contributed by atoms with Gasteiger partial charge in [-0.2, -0.15) is 0 Å². The highest BCUT2D eigenvalue weighted by atomic mass is 79.9. The molecule has 0 saturated heterocycles. The molecule has 0 aliphatic heterocycles. The van der Waals surface area contributed by atoms with E-state index >= 15 is 0 Å². The largest absolute Gasteiger partial charge is 0.325 e. The van der Waals surface area contributed by atoms with Crippen LogP contribution < -0.4 is 5.32 Å². The summed E-state index contributed by atoms with van der Waals surface area (Å²) in [5, 5.41) is 2.85. The fourth-order valence-corrected chi connectivity index (χ4v) is 3.81. The zero-order valence-corrected chi connectivity index (χ0v) is 14.1. The first-order valence-corrected chi connectivity index (χ1v) is 9.38. The molecule has 0 bridgehead atoms. The van der Waals surface area contributed by atoms with Gasteiger partial charge in [-0.05, 0) is 47.0 Å². The van der Waals surface area contributed by atoms with Crippen molar-refractivity contribution in [3.63, 3.8) is 0 Å². The van der Waals surface area contributed by atoms with Gasteiger partial charge < -0.3 is 5.32 Å². The van der Waals surface area contributed by atoms with Crippen molar-refractivity contribution in [3.05, 3.63) is 22.7 Å². The predicted molar refractivity (Wildman–Crippen MR) is 82.4 cm³/mol. The maximum Gasteiger partial charge on any atom is 0.261 e. The summed E-state index contributed by atoms with van der Waals surface area (Å²) in [5.74, 6) is -0.0304. The van der Waals surface area contributed by atoms with Crippen LogP contribution in [0.25, 0.3) is 0 Å². The van der Waals surface area contributed by atoms with Crippen LogP contribution in [0.1, 0.15) is 32.6 Å². The lowest BCUT2D eigenvalue weighted by Crippen LogP contribution is -2.30. The first-order valence-electron chi connectivity index (χ1n) is 6.28. The lowest BCUT2D eigenvalue weighted by Gasteiger charge is -2.22. The molecule has 1 N–H and O–H groups in total. The van der Waals surface area contributed by atoms with Crippen LogP contribution in [0.2, 0.25) is 0 Å². The van der Waals surface area contributed by atoms with E-state index in [1.54, 1.807) is 0 Å². The Balaban J connectivity index is 2.20. The summed E-state index contributed by atoms with van der Waals surface area (Å²) in [6.45, 7) is 1.96. The molecule has 110 valence electrons. The van der Waals surface area contributed by atoms with Crippen LogP contribution in [0.3, 0.4) is 0 Å². The molecule has 0 aromatic heterocycles. The van der Waals surface area contributed by atoms with E-state index in [1.807, 2.05) is 6.92 Å². The number of rotatable bonds is 3. The summed E-state index contributed by atoms with van der Waals surface area (Å²) in [6, 6.07) is 4.30. The predicted octanol–water partition coefficient (Wildman–Crippen LogP) is 3.90. The van der Waals surface area contributed by atoms with Gasteiger partial charge in [-0.1, -0.05) is 19.8 Å². The molecule has 20 heavy (non-hydrogen) atoms. The third kappa shape index (κ3) is 3.35. The molecular weight excluding hydrogens is 366 g/mol. The highest BCUT2D eigenvalue weighted by Gasteiger charge is 2.36. The molecule has 1 saturated carbocycles. The van der Waals surface area contributed by atoms with Crippen LogP contribution in [-0.4, -0.2) is 14.3 Å². The minimum absolute atomic E-state index is 0.00359. The summed E-state index contributed by atoms with van der Waals surface area (Å²) in [5.41, 5.74) is 0.212. The van der Waals surface area contributed by atoms with Gasteiger partial charge in [-0.3, -0.25) is 4.79 Å². The van der Waals surface area contributed by atoms with Gasteiger partial charge in [0.2, 0.25) is 5.91 Å². The van der Waals surface area contributed by atoms with E-state index in [0.717, 1.165) is 25.7 Å². The van der Waals surface area contributed by atoms with Crippen molar-refractivity contribution in [2.24, 2.45) is 5.41 Å². The Morgan fingerprint density at radius 2 is 1.95 bits per heavy atom. The summed E-state index contributed by atoms with van der Waals surface area (Å²) < 4.78 is 23.0. The number of hydrogen-bond acceptors (Lipinski definition) is 3. The summed E-state index contributed by atoms with van der Waals surface area (Å²) >= 11 is 3.26. The molecule has 4 nitrogen and oxygen atoms in total. The van der Waals surface area contributed by atoms with Crippen molar-refractivity contribution >= 4 is 47.3 Å². The van der Waals surface area contributed by atoms with Crippen LogP contribution >= 0.6 is 26.6 Å². The third-order valence-corrected chi connectivity index (χ3v) is 5.73. The Hall–Kier alpha value is -0.590. The minimum atomic E-state index is -3.77. The smallest absolute Gasteiger partial charge is 0.261 e. The average Bonchev–Trinajstić information content (AvgIpc) is 2.78. The molecule has 1 aliphatic rings. The van der Waals surface area contributed by atoms with Crippen molar-refractivity contribution in [3.8, 4) is 0 Å². The van der Waals surface area contributed by atoms with E-state index in [4.69, 9.17) is 10.7 Å². The van der Waals surface area contributed by atoms with Gasteiger partial charge in [0, 0.05) is 20.6 Å². The molecule has 0 atom stereocenters. The molecule has 1 aromatic carbocycles. The van der Waals surface area contributed by atoms with E-state index in [9.17, 15) is 13.2 Å². The van der Waals surface area contributed by atoms with Gasteiger partial charge in [0.25, 0.3) is 9.05 Å². The van der Waals surface area contributed by atoms with Crippen LogP contribution in [0.5, 0.6) is 0 Å². The minimum Gasteiger partial charge on any atom is -0.325 e. The van der Waals surface area contributed by atoms with Gasteiger partial charge in [-0.25, -0.2) is 8.42 Å². The quantitative estimate of drug-likeness (QED) is 0.809. The van der Waals surface area contributed by atoms with Crippen molar-refractivity contribution in [2.75, 3.05) is 5.32 Å². The van der Waals surface area contributed by atoms with E-state index in [-0.39, 0.29) is 16.2 Å². The summed E-state index contributed by atoms with van der Waals surface area (Å²) in [6.07, 6.45) is 3.89. The second kappa shape index (κ2) is 5.66. The summed E-state index contributed by atoms with van der Waals surface area (Å²) in [4.78, 5) is 12.3. The molecule has 1 aromatic rings. The van der Waals surface area contributed by atoms with E-state index in [2.05, 4.69) is 21.2 Å². The highest BCUT2D eigenvalue weighted by Crippen LogP contribution is 2.39. The molecule has 0 unspecified atom stereocenters. The number of nitrogens with one attached hydrogen (secondary N) is 1. The molecule has 1 fully saturated rings. The van der Waals surface area contributed by atoms with Crippen molar-refractivity contribution in [1.82, 2.24) is 0 Å². The highest BCUT2D eigenvalue weighted by molar-refractivity contribution is 9.10. The van der Waals surface area contributed by atoms with Crippen molar-refractivity contribution < 1.29 is 13.2 Å². The Bertz CT molecular complexity index is 639. The SMILES string of the molecule is CC1(C(=O)Nc2ccc(S(=O)(=O)Cl)cc2Br)CCCC1. The molecule has 1 aliphatic carbocycles. The standard InChI is InChI=1S/C13H15BrClNO3S/c1-13(6-2-3-7-13)12(17)16-11-5-4-9(8-10(11)14)20(15,18)19/h4-5,8H,2-3,6-7H2,1H3,(H,16,17). The number of benzene rings is 1. The number of carbonyl (C=O) groups is 1. The fourth-order valence-electron chi connectivity index (χ4n) is 2.40.